The molecule has 0 saturated heterocycles. The van der Waals surface area contributed by atoms with Crippen LogP contribution in [0.4, 0.5) is 4.39 Å². The molecule has 0 aliphatic heterocycles. The van der Waals surface area contributed by atoms with Crippen LogP contribution >= 0.6 is 15.9 Å². The van der Waals surface area contributed by atoms with E-state index in [1.54, 1.807) is 12.1 Å². The van der Waals surface area contributed by atoms with E-state index in [0.29, 0.717) is 24.9 Å². The maximum Gasteiger partial charge on any atom is 0.126 e. The number of aliphatic hydroxyl groups excluding tert-OH is 1. The van der Waals surface area contributed by atoms with Gasteiger partial charge in [0.05, 0.1) is 0 Å². The molecule has 0 bridgehead atoms. The maximum atomic E-state index is 13.4. The summed E-state index contributed by atoms with van der Waals surface area (Å²) in [7, 11) is 0. The molecule has 96 valence electrons. The average Bonchev–Trinajstić information content (AvgIpc) is 2.23. The third-order valence-electron chi connectivity index (χ3n) is 2.74. The Hall–Kier alpha value is -0.450. The second-order valence-electron chi connectivity index (χ2n) is 4.77. The summed E-state index contributed by atoms with van der Waals surface area (Å²) in [6.07, 6.45) is 1.33. The van der Waals surface area contributed by atoms with Gasteiger partial charge in [0.25, 0.3) is 0 Å². The molecule has 0 radical (unpaired) electrons. The van der Waals surface area contributed by atoms with Crippen molar-refractivity contribution in [1.29, 1.82) is 0 Å². The molecule has 17 heavy (non-hydrogen) atoms. The van der Waals surface area contributed by atoms with Crippen molar-refractivity contribution in [3.8, 4) is 0 Å². The third kappa shape index (κ3) is 5.15. The topological polar surface area (TPSA) is 32.3 Å². The Kier molecular flexibility index (Phi) is 5.56. The van der Waals surface area contributed by atoms with Crippen LogP contribution in [0, 0.1) is 5.82 Å². The van der Waals surface area contributed by atoms with E-state index >= 15 is 0 Å². The number of rotatable bonds is 6. The summed E-state index contributed by atoms with van der Waals surface area (Å²) >= 11 is 3.33. The Bertz CT molecular complexity index is 368. The van der Waals surface area contributed by atoms with Crippen LogP contribution in [0.25, 0.3) is 0 Å². The van der Waals surface area contributed by atoms with Crippen LogP contribution in [0.3, 0.4) is 0 Å². The zero-order chi connectivity index (χ0) is 12.9. The van der Waals surface area contributed by atoms with Crippen molar-refractivity contribution < 1.29 is 9.50 Å². The molecule has 0 atom stereocenters. The average molecular weight is 304 g/mol. The molecule has 0 heterocycles. The van der Waals surface area contributed by atoms with E-state index in [9.17, 15) is 4.39 Å². The fourth-order valence-electron chi connectivity index (χ4n) is 1.64. The van der Waals surface area contributed by atoms with Crippen molar-refractivity contribution >= 4 is 15.9 Å². The minimum atomic E-state index is -0.171. The number of hydrogen-bond donors (Lipinski definition) is 2. The second kappa shape index (κ2) is 6.47. The molecule has 0 aromatic heterocycles. The molecular weight excluding hydrogens is 285 g/mol. The molecular formula is C13H19BrFNO. The molecule has 0 aliphatic carbocycles. The van der Waals surface area contributed by atoms with Crippen molar-refractivity contribution in [2.24, 2.45) is 0 Å². The molecule has 2 nitrogen and oxygen atoms in total. The summed E-state index contributed by atoms with van der Waals surface area (Å²) in [6, 6.07) is 4.97. The molecule has 0 saturated carbocycles. The summed E-state index contributed by atoms with van der Waals surface area (Å²) in [5.41, 5.74) is 0.587. The van der Waals surface area contributed by atoms with Gasteiger partial charge in [-0.1, -0.05) is 15.9 Å². The quantitative estimate of drug-likeness (QED) is 0.847. The van der Waals surface area contributed by atoms with Gasteiger partial charge < -0.3 is 10.4 Å². The molecule has 1 rings (SSSR count). The normalized spacial score (nSPS) is 11.8. The Morgan fingerprint density at radius 3 is 2.76 bits per heavy atom. The standard InChI is InChI=1S/C13H19BrFNO/c1-13(2,6-8-17)16-7-5-10-9-11(14)3-4-12(10)15/h3-4,9,16-17H,5-8H2,1-2H3. The molecule has 0 aliphatic rings. The zero-order valence-electron chi connectivity index (χ0n) is 10.3. The van der Waals surface area contributed by atoms with Gasteiger partial charge in [-0.25, -0.2) is 4.39 Å². The van der Waals surface area contributed by atoms with Crippen LogP contribution in [-0.4, -0.2) is 23.8 Å². The Labute approximate surface area is 110 Å². The summed E-state index contributed by atoms with van der Waals surface area (Å²) in [5.74, 6) is -0.171. The highest BCUT2D eigenvalue weighted by molar-refractivity contribution is 9.10. The lowest BCUT2D eigenvalue weighted by Crippen LogP contribution is -2.41. The number of halogens is 2. The molecule has 0 unspecified atom stereocenters. The van der Waals surface area contributed by atoms with Gasteiger partial charge in [0, 0.05) is 16.6 Å². The fraction of sp³-hybridized carbons (Fsp3) is 0.538. The number of hydrogen-bond acceptors (Lipinski definition) is 2. The van der Waals surface area contributed by atoms with E-state index in [1.165, 1.54) is 6.07 Å². The van der Waals surface area contributed by atoms with E-state index in [4.69, 9.17) is 5.11 Å². The molecule has 0 fully saturated rings. The van der Waals surface area contributed by atoms with Gasteiger partial charge in [-0.3, -0.25) is 0 Å². The molecule has 0 spiro atoms. The fourth-order valence-corrected chi connectivity index (χ4v) is 2.05. The zero-order valence-corrected chi connectivity index (χ0v) is 11.8. The first kappa shape index (κ1) is 14.6. The Balaban J connectivity index is 2.48. The monoisotopic (exact) mass is 303 g/mol. The number of aliphatic hydroxyl groups is 1. The lowest BCUT2D eigenvalue weighted by atomic mass is 10.0. The highest BCUT2D eigenvalue weighted by Crippen LogP contribution is 2.16. The van der Waals surface area contributed by atoms with Crippen LogP contribution in [0.2, 0.25) is 0 Å². The van der Waals surface area contributed by atoms with Gasteiger partial charge >= 0.3 is 0 Å². The highest BCUT2D eigenvalue weighted by Gasteiger charge is 2.15. The first-order valence-corrected chi connectivity index (χ1v) is 6.54. The van der Waals surface area contributed by atoms with E-state index in [-0.39, 0.29) is 18.0 Å². The van der Waals surface area contributed by atoms with Crippen molar-refractivity contribution in [3.05, 3.63) is 34.1 Å². The van der Waals surface area contributed by atoms with Crippen LogP contribution in [0.15, 0.2) is 22.7 Å². The molecule has 0 amide bonds. The van der Waals surface area contributed by atoms with Crippen LogP contribution in [0.5, 0.6) is 0 Å². The molecule has 4 heteroatoms. The summed E-state index contributed by atoms with van der Waals surface area (Å²) < 4.78 is 14.3. The smallest absolute Gasteiger partial charge is 0.126 e. The van der Waals surface area contributed by atoms with Gasteiger partial charge in [0.15, 0.2) is 0 Å². The van der Waals surface area contributed by atoms with Gasteiger partial charge in [-0.2, -0.15) is 0 Å². The number of benzene rings is 1. The molecule has 2 N–H and O–H groups in total. The third-order valence-corrected chi connectivity index (χ3v) is 3.24. The van der Waals surface area contributed by atoms with Crippen molar-refractivity contribution in [2.75, 3.05) is 13.2 Å². The van der Waals surface area contributed by atoms with Crippen LogP contribution in [-0.2, 0) is 6.42 Å². The summed E-state index contributed by atoms with van der Waals surface area (Å²) in [6.45, 7) is 4.91. The predicted molar refractivity (Wildman–Crippen MR) is 71.6 cm³/mol. The lowest BCUT2D eigenvalue weighted by molar-refractivity contribution is 0.231. The summed E-state index contributed by atoms with van der Waals surface area (Å²) in [5, 5.41) is 12.2. The van der Waals surface area contributed by atoms with E-state index < -0.39 is 0 Å². The first-order chi connectivity index (χ1) is 7.94. The van der Waals surface area contributed by atoms with Crippen molar-refractivity contribution in [2.45, 2.75) is 32.2 Å². The van der Waals surface area contributed by atoms with E-state index in [2.05, 4.69) is 21.2 Å². The van der Waals surface area contributed by atoms with E-state index in [0.717, 1.165) is 4.47 Å². The molecule has 1 aromatic carbocycles. The second-order valence-corrected chi connectivity index (χ2v) is 5.69. The van der Waals surface area contributed by atoms with Gasteiger partial charge in [0.1, 0.15) is 5.82 Å². The minimum Gasteiger partial charge on any atom is -0.396 e. The van der Waals surface area contributed by atoms with Crippen LogP contribution in [0.1, 0.15) is 25.8 Å². The van der Waals surface area contributed by atoms with Crippen molar-refractivity contribution in [3.63, 3.8) is 0 Å². The number of nitrogens with one attached hydrogen (secondary N) is 1. The van der Waals surface area contributed by atoms with Crippen molar-refractivity contribution in [1.82, 2.24) is 5.32 Å². The minimum absolute atomic E-state index is 0.114. The Morgan fingerprint density at radius 1 is 1.41 bits per heavy atom. The Morgan fingerprint density at radius 2 is 2.12 bits per heavy atom. The highest BCUT2D eigenvalue weighted by atomic mass is 79.9. The lowest BCUT2D eigenvalue weighted by Gasteiger charge is -2.25. The van der Waals surface area contributed by atoms with Gasteiger partial charge in [-0.05, 0) is 57.0 Å². The van der Waals surface area contributed by atoms with Gasteiger partial charge in [-0.15, -0.1) is 0 Å². The summed E-state index contributed by atoms with van der Waals surface area (Å²) in [4.78, 5) is 0. The van der Waals surface area contributed by atoms with Gasteiger partial charge in [0.2, 0.25) is 0 Å². The maximum absolute atomic E-state index is 13.4. The SMILES string of the molecule is CC(C)(CCO)NCCc1cc(Br)ccc1F. The predicted octanol–water partition coefficient (Wildman–Crippen LogP) is 2.88. The van der Waals surface area contributed by atoms with E-state index in [1.807, 2.05) is 13.8 Å². The molecule has 1 aromatic rings. The first-order valence-electron chi connectivity index (χ1n) is 5.74. The van der Waals surface area contributed by atoms with Crippen LogP contribution < -0.4 is 5.32 Å². The largest absolute Gasteiger partial charge is 0.396 e.